The van der Waals surface area contributed by atoms with E-state index in [9.17, 15) is 0 Å². The van der Waals surface area contributed by atoms with Crippen molar-refractivity contribution in [2.75, 3.05) is 5.32 Å². The van der Waals surface area contributed by atoms with Gasteiger partial charge >= 0.3 is 0 Å². The molecule has 2 heteroatoms. The van der Waals surface area contributed by atoms with Crippen molar-refractivity contribution in [2.45, 2.75) is 33.7 Å². The van der Waals surface area contributed by atoms with E-state index < -0.39 is 0 Å². The van der Waals surface area contributed by atoms with Crippen molar-refractivity contribution in [1.29, 1.82) is 0 Å². The Morgan fingerprint density at radius 3 is 2.42 bits per heavy atom. The third-order valence-corrected chi connectivity index (χ3v) is 4.08. The number of hydrogen-bond donors (Lipinski definition) is 1. The van der Waals surface area contributed by atoms with Crippen LogP contribution < -0.4 is 5.32 Å². The van der Waals surface area contributed by atoms with Gasteiger partial charge in [-0.15, -0.1) is 0 Å². The predicted octanol–water partition coefficient (Wildman–Crippen LogP) is 5.44. The van der Waals surface area contributed by atoms with Crippen LogP contribution in [0.2, 0.25) is 5.02 Å². The molecule has 1 nitrogen and oxygen atoms in total. The van der Waals surface area contributed by atoms with Gasteiger partial charge in [0, 0.05) is 16.8 Å². The van der Waals surface area contributed by atoms with Gasteiger partial charge in [-0.2, -0.15) is 0 Å². The molecule has 0 heterocycles. The quantitative estimate of drug-likeness (QED) is 0.785. The molecule has 1 atom stereocenters. The predicted molar refractivity (Wildman–Crippen MR) is 84.1 cm³/mol. The Morgan fingerprint density at radius 2 is 1.74 bits per heavy atom. The molecule has 0 fully saturated rings. The fourth-order valence-corrected chi connectivity index (χ4v) is 2.29. The summed E-state index contributed by atoms with van der Waals surface area (Å²) in [6.45, 7) is 8.50. The van der Waals surface area contributed by atoms with E-state index in [2.05, 4.69) is 50.4 Å². The molecule has 1 N–H and O–H groups in total. The molecule has 2 rings (SSSR count). The highest BCUT2D eigenvalue weighted by Gasteiger charge is 2.09. The maximum absolute atomic E-state index is 6.15. The Balaban J connectivity index is 2.23. The number of aryl methyl sites for hydroxylation is 2. The largest absolute Gasteiger partial charge is 0.378 e. The molecular formula is C17H20ClN. The summed E-state index contributed by atoms with van der Waals surface area (Å²) in [7, 11) is 0. The molecule has 0 saturated carbocycles. The van der Waals surface area contributed by atoms with Crippen molar-refractivity contribution in [3.8, 4) is 0 Å². The van der Waals surface area contributed by atoms with Gasteiger partial charge in [-0.05, 0) is 62.1 Å². The zero-order chi connectivity index (χ0) is 14.0. The zero-order valence-electron chi connectivity index (χ0n) is 11.9. The molecule has 100 valence electrons. The first kappa shape index (κ1) is 14.0. The first-order chi connectivity index (χ1) is 8.99. The highest BCUT2D eigenvalue weighted by molar-refractivity contribution is 6.31. The number of benzene rings is 2. The minimum absolute atomic E-state index is 0.261. The Bertz CT molecular complexity index is 590. The third kappa shape index (κ3) is 3.10. The maximum Gasteiger partial charge on any atom is 0.0485 e. The molecule has 0 radical (unpaired) electrons. The van der Waals surface area contributed by atoms with Crippen molar-refractivity contribution >= 4 is 17.3 Å². The average molecular weight is 274 g/mol. The van der Waals surface area contributed by atoms with Crippen LogP contribution in [0.15, 0.2) is 36.4 Å². The molecule has 19 heavy (non-hydrogen) atoms. The molecule has 1 unspecified atom stereocenters. The molecule has 2 aromatic rings. The minimum atomic E-state index is 0.261. The second kappa shape index (κ2) is 5.66. The Morgan fingerprint density at radius 1 is 1.00 bits per heavy atom. The Hall–Kier alpha value is -1.47. The first-order valence-corrected chi connectivity index (χ1v) is 6.95. The normalized spacial score (nSPS) is 12.3. The van der Waals surface area contributed by atoms with E-state index in [1.54, 1.807) is 0 Å². The van der Waals surface area contributed by atoms with Crippen LogP contribution in [0.5, 0.6) is 0 Å². The molecule has 0 saturated heterocycles. The zero-order valence-corrected chi connectivity index (χ0v) is 12.7. The molecule has 0 aromatic heterocycles. The van der Waals surface area contributed by atoms with Gasteiger partial charge < -0.3 is 5.32 Å². The smallest absolute Gasteiger partial charge is 0.0485 e. The summed E-state index contributed by atoms with van der Waals surface area (Å²) in [5.74, 6) is 0. The van der Waals surface area contributed by atoms with Crippen LogP contribution in [0, 0.1) is 20.8 Å². The van der Waals surface area contributed by atoms with Gasteiger partial charge in [0.15, 0.2) is 0 Å². The fourth-order valence-electron chi connectivity index (χ4n) is 2.11. The standard InChI is InChI=1S/C17H20ClN/c1-11-8-9-15(10-12(11)2)14(4)19-17-7-5-6-16(18)13(17)3/h5-10,14,19H,1-4H3. The molecule has 0 bridgehead atoms. The van der Waals surface area contributed by atoms with Crippen molar-refractivity contribution in [1.82, 2.24) is 0 Å². The van der Waals surface area contributed by atoms with E-state index in [4.69, 9.17) is 11.6 Å². The van der Waals surface area contributed by atoms with E-state index in [0.29, 0.717) is 0 Å². The molecule has 0 aliphatic heterocycles. The van der Waals surface area contributed by atoms with E-state index in [1.165, 1.54) is 16.7 Å². The average Bonchev–Trinajstić information content (AvgIpc) is 2.38. The number of rotatable bonds is 3. The van der Waals surface area contributed by atoms with Gasteiger partial charge in [0.1, 0.15) is 0 Å². The van der Waals surface area contributed by atoms with Crippen molar-refractivity contribution < 1.29 is 0 Å². The number of hydrogen-bond acceptors (Lipinski definition) is 1. The summed E-state index contributed by atoms with van der Waals surface area (Å²) < 4.78 is 0. The van der Waals surface area contributed by atoms with E-state index in [-0.39, 0.29) is 6.04 Å². The lowest BCUT2D eigenvalue weighted by Gasteiger charge is -2.19. The Labute approximate surface area is 120 Å². The van der Waals surface area contributed by atoms with Crippen LogP contribution in [0.4, 0.5) is 5.69 Å². The van der Waals surface area contributed by atoms with Gasteiger partial charge in [0.2, 0.25) is 0 Å². The molecule has 0 amide bonds. The second-order valence-electron chi connectivity index (χ2n) is 5.12. The first-order valence-electron chi connectivity index (χ1n) is 6.58. The van der Waals surface area contributed by atoms with Gasteiger partial charge in [-0.3, -0.25) is 0 Å². The Kier molecular flexibility index (Phi) is 4.16. The van der Waals surface area contributed by atoms with Gasteiger partial charge in [0.05, 0.1) is 0 Å². The monoisotopic (exact) mass is 273 g/mol. The van der Waals surface area contributed by atoms with Crippen LogP contribution in [-0.2, 0) is 0 Å². The molecule has 0 aliphatic rings. The van der Waals surface area contributed by atoms with Crippen LogP contribution in [0.3, 0.4) is 0 Å². The van der Waals surface area contributed by atoms with Gasteiger partial charge in [-0.1, -0.05) is 35.9 Å². The lowest BCUT2D eigenvalue weighted by Crippen LogP contribution is -2.08. The van der Waals surface area contributed by atoms with Gasteiger partial charge in [0.25, 0.3) is 0 Å². The summed E-state index contributed by atoms with van der Waals surface area (Å²) >= 11 is 6.15. The molecule has 0 aliphatic carbocycles. The number of anilines is 1. The number of nitrogens with one attached hydrogen (secondary N) is 1. The van der Waals surface area contributed by atoms with Crippen molar-refractivity contribution in [3.05, 3.63) is 63.7 Å². The maximum atomic E-state index is 6.15. The van der Waals surface area contributed by atoms with Crippen LogP contribution in [-0.4, -0.2) is 0 Å². The highest BCUT2D eigenvalue weighted by Crippen LogP contribution is 2.27. The van der Waals surface area contributed by atoms with Crippen molar-refractivity contribution in [2.24, 2.45) is 0 Å². The summed E-state index contributed by atoms with van der Waals surface area (Å²) in [5.41, 5.74) is 6.14. The SMILES string of the molecule is Cc1ccc(C(C)Nc2cccc(Cl)c2C)cc1C. The van der Waals surface area contributed by atoms with Crippen LogP contribution in [0.1, 0.15) is 35.2 Å². The molecule has 0 spiro atoms. The fraction of sp³-hybridized carbons (Fsp3) is 0.294. The van der Waals surface area contributed by atoms with E-state index in [0.717, 1.165) is 16.3 Å². The summed E-state index contributed by atoms with van der Waals surface area (Å²) in [6, 6.07) is 12.8. The second-order valence-corrected chi connectivity index (χ2v) is 5.53. The van der Waals surface area contributed by atoms with Crippen molar-refractivity contribution in [3.63, 3.8) is 0 Å². The summed E-state index contributed by atoms with van der Waals surface area (Å²) in [6.07, 6.45) is 0. The third-order valence-electron chi connectivity index (χ3n) is 3.67. The molecular weight excluding hydrogens is 254 g/mol. The van der Waals surface area contributed by atoms with Gasteiger partial charge in [-0.25, -0.2) is 0 Å². The number of halogens is 1. The topological polar surface area (TPSA) is 12.0 Å². The summed E-state index contributed by atoms with van der Waals surface area (Å²) in [4.78, 5) is 0. The minimum Gasteiger partial charge on any atom is -0.378 e. The summed E-state index contributed by atoms with van der Waals surface area (Å²) in [5, 5.41) is 4.33. The van der Waals surface area contributed by atoms with Crippen LogP contribution >= 0.6 is 11.6 Å². The van der Waals surface area contributed by atoms with Crippen LogP contribution in [0.25, 0.3) is 0 Å². The van der Waals surface area contributed by atoms with E-state index >= 15 is 0 Å². The van der Waals surface area contributed by atoms with E-state index in [1.807, 2.05) is 19.1 Å². The lowest BCUT2D eigenvalue weighted by molar-refractivity contribution is 0.879. The lowest BCUT2D eigenvalue weighted by atomic mass is 10.0. The highest BCUT2D eigenvalue weighted by atomic mass is 35.5. The molecule has 2 aromatic carbocycles.